The van der Waals surface area contributed by atoms with Crippen molar-refractivity contribution < 1.29 is 4.74 Å². The first kappa shape index (κ1) is 14.5. The first-order valence-corrected chi connectivity index (χ1v) is 7.40. The van der Waals surface area contributed by atoms with E-state index in [1.807, 2.05) is 6.92 Å². The van der Waals surface area contributed by atoms with E-state index in [-0.39, 0.29) is 0 Å². The molecule has 0 aliphatic carbocycles. The Hall–Kier alpha value is -0.900. The van der Waals surface area contributed by atoms with Gasteiger partial charge in [0.15, 0.2) is 0 Å². The molecule has 1 heterocycles. The SMILES string of the molecule is CCOCCN[C@H]1CCN(Cc2ccccc2)[C@H]1C. The van der Waals surface area contributed by atoms with Crippen molar-refractivity contribution >= 4 is 0 Å². The highest BCUT2D eigenvalue weighted by Gasteiger charge is 2.29. The normalized spacial score (nSPS) is 23.9. The number of nitrogens with zero attached hydrogens (tertiary/aromatic N) is 1. The quantitative estimate of drug-likeness (QED) is 0.763. The molecule has 1 aliphatic heterocycles. The van der Waals surface area contributed by atoms with Gasteiger partial charge in [-0.05, 0) is 25.8 Å². The number of hydrogen-bond donors (Lipinski definition) is 1. The molecule has 0 unspecified atom stereocenters. The van der Waals surface area contributed by atoms with Gasteiger partial charge in [0.1, 0.15) is 0 Å². The van der Waals surface area contributed by atoms with Crippen LogP contribution in [0.3, 0.4) is 0 Å². The van der Waals surface area contributed by atoms with Crippen molar-refractivity contribution in [1.29, 1.82) is 0 Å². The highest BCUT2D eigenvalue weighted by atomic mass is 16.5. The Morgan fingerprint density at radius 1 is 1.32 bits per heavy atom. The summed E-state index contributed by atoms with van der Waals surface area (Å²) in [5.74, 6) is 0. The molecule has 1 saturated heterocycles. The minimum absolute atomic E-state index is 0.599. The molecule has 106 valence electrons. The zero-order valence-electron chi connectivity index (χ0n) is 12.1. The molecular formula is C16H26N2O. The van der Waals surface area contributed by atoms with Gasteiger partial charge in [0.05, 0.1) is 6.61 Å². The standard InChI is InChI=1S/C16H26N2O/c1-3-19-12-10-17-16-9-11-18(14(16)2)13-15-7-5-4-6-8-15/h4-8,14,16-17H,3,9-13H2,1-2H3/t14-,16-/m0/s1. The van der Waals surface area contributed by atoms with Crippen molar-refractivity contribution in [3.05, 3.63) is 35.9 Å². The van der Waals surface area contributed by atoms with Crippen LogP contribution in [0, 0.1) is 0 Å². The zero-order chi connectivity index (χ0) is 13.5. The van der Waals surface area contributed by atoms with Crippen molar-refractivity contribution in [2.45, 2.75) is 38.9 Å². The van der Waals surface area contributed by atoms with E-state index < -0.39 is 0 Å². The first-order valence-electron chi connectivity index (χ1n) is 7.40. The maximum absolute atomic E-state index is 5.37. The van der Waals surface area contributed by atoms with Crippen LogP contribution in [-0.2, 0) is 11.3 Å². The molecule has 0 saturated carbocycles. The van der Waals surface area contributed by atoms with Gasteiger partial charge in [-0.3, -0.25) is 4.90 Å². The molecule has 0 amide bonds. The van der Waals surface area contributed by atoms with E-state index in [9.17, 15) is 0 Å². The summed E-state index contributed by atoms with van der Waals surface area (Å²) in [6, 6.07) is 11.9. The Labute approximate surface area is 116 Å². The van der Waals surface area contributed by atoms with Crippen molar-refractivity contribution in [2.24, 2.45) is 0 Å². The Morgan fingerprint density at radius 3 is 2.84 bits per heavy atom. The lowest BCUT2D eigenvalue weighted by Gasteiger charge is -2.25. The summed E-state index contributed by atoms with van der Waals surface area (Å²) in [4.78, 5) is 2.56. The van der Waals surface area contributed by atoms with Crippen LogP contribution < -0.4 is 5.32 Å². The molecule has 2 rings (SSSR count). The minimum atomic E-state index is 0.599. The van der Waals surface area contributed by atoms with E-state index in [4.69, 9.17) is 4.74 Å². The fraction of sp³-hybridized carbons (Fsp3) is 0.625. The summed E-state index contributed by atoms with van der Waals surface area (Å²) in [5, 5.41) is 3.62. The van der Waals surface area contributed by atoms with Crippen LogP contribution in [0.15, 0.2) is 30.3 Å². The molecule has 1 aromatic carbocycles. The predicted octanol–water partition coefficient (Wildman–Crippen LogP) is 2.28. The van der Waals surface area contributed by atoms with Crippen molar-refractivity contribution in [2.75, 3.05) is 26.3 Å². The minimum Gasteiger partial charge on any atom is -0.380 e. The van der Waals surface area contributed by atoms with Crippen molar-refractivity contribution in [1.82, 2.24) is 10.2 Å². The predicted molar refractivity (Wildman–Crippen MR) is 79.2 cm³/mol. The molecule has 1 fully saturated rings. The average Bonchev–Trinajstić information content (AvgIpc) is 2.78. The lowest BCUT2D eigenvalue weighted by molar-refractivity contribution is 0.144. The second-order valence-electron chi connectivity index (χ2n) is 5.24. The average molecular weight is 262 g/mol. The third-order valence-corrected chi connectivity index (χ3v) is 3.97. The molecule has 0 bridgehead atoms. The molecule has 1 aliphatic rings. The Balaban J connectivity index is 1.76. The van der Waals surface area contributed by atoms with Gasteiger partial charge >= 0.3 is 0 Å². The summed E-state index contributed by atoms with van der Waals surface area (Å²) < 4.78 is 5.37. The van der Waals surface area contributed by atoms with Gasteiger partial charge in [0, 0.05) is 38.3 Å². The van der Waals surface area contributed by atoms with Crippen LogP contribution in [0.25, 0.3) is 0 Å². The van der Waals surface area contributed by atoms with Crippen LogP contribution >= 0.6 is 0 Å². The summed E-state index contributed by atoms with van der Waals surface area (Å²) in [7, 11) is 0. The number of likely N-dealkylation sites (tertiary alicyclic amines) is 1. The Kier molecular flexibility index (Phi) is 5.83. The van der Waals surface area contributed by atoms with Gasteiger partial charge in [-0.25, -0.2) is 0 Å². The second kappa shape index (κ2) is 7.63. The highest BCUT2D eigenvalue weighted by Crippen LogP contribution is 2.20. The van der Waals surface area contributed by atoms with Crippen LogP contribution in [0.4, 0.5) is 0 Å². The molecule has 0 aromatic heterocycles. The molecule has 0 spiro atoms. The van der Waals surface area contributed by atoms with Gasteiger partial charge in [0.25, 0.3) is 0 Å². The van der Waals surface area contributed by atoms with Gasteiger partial charge in [-0.2, -0.15) is 0 Å². The summed E-state index contributed by atoms with van der Waals surface area (Å²) in [6.45, 7) is 9.20. The van der Waals surface area contributed by atoms with E-state index in [2.05, 4.69) is 47.5 Å². The lowest BCUT2D eigenvalue weighted by atomic mass is 10.1. The van der Waals surface area contributed by atoms with Gasteiger partial charge in [-0.1, -0.05) is 30.3 Å². The molecular weight excluding hydrogens is 236 g/mol. The lowest BCUT2D eigenvalue weighted by Crippen LogP contribution is -2.41. The van der Waals surface area contributed by atoms with Gasteiger partial charge in [0.2, 0.25) is 0 Å². The van der Waals surface area contributed by atoms with Crippen LogP contribution in [0.5, 0.6) is 0 Å². The fourth-order valence-corrected chi connectivity index (χ4v) is 2.78. The number of ether oxygens (including phenoxy) is 1. The molecule has 3 nitrogen and oxygen atoms in total. The number of benzene rings is 1. The maximum atomic E-state index is 5.37. The van der Waals surface area contributed by atoms with E-state index in [0.29, 0.717) is 12.1 Å². The molecule has 0 radical (unpaired) electrons. The van der Waals surface area contributed by atoms with Gasteiger partial charge < -0.3 is 10.1 Å². The van der Waals surface area contributed by atoms with E-state index in [1.165, 1.54) is 18.5 Å². The monoisotopic (exact) mass is 262 g/mol. The van der Waals surface area contributed by atoms with E-state index in [1.54, 1.807) is 0 Å². The van der Waals surface area contributed by atoms with Crippen molar-refractivity contribution in [3.8, 4) is 0 Å². The molecule has 1 aromatic rings. The third kappa shape index (κ3) is 4.30. The fourth-order valence-electron chi connectivity index (χ4n) is 2.78. The molecule has 19 heavy (non-hydrogen) atoms. The zero-order valence-corrected chi connectivity index (χ0v) is 12.1. The summed E-state index contributed by atoms with van der Waals surface area (Å²) >= 11 is 0. The van der Waals surface area contributed by atoms with Gasteiger partial charge in [-0.15, -0.1) is 0 Å². The first-order chi connectivity index (χ1) is 9.31. The maximum Gasteiger partial charge on any atom is 0.0590 e. The highest BCUT2D eigenvalue weighted by molar-refractivity contribution is 5.15. The summed E-state index contributed by atoms with van der Waals surface area (Å²) in [6.07, 6.45) is 1.24. The van der Waals surface area contributed by atoms with Crippen molar-refractivity contribution in [3.63, 3.8) is 0 Å². The third-order valence-electron chi connectivity index (χ3n) is 3.97. The Morgan fingerprint density at radius 2 is 2.11 bits per heavy atom. The van der Waals surface area contributed by atoms with Crippen LogP contribution in [-0.4, -0.2) is 43.3 Å². The second-order valence-corrected chi connectivity index (χ2v) is 5.24. The number of nitrogens with one attached hydrogen (secondary N) is 1. The van der Waals surface area contributed by atoms with E-state index >= 15 is 0 Å². The largest absolute Gasteiger partial charge is 0.380 e. The molecule has 3 heteroatoms. The number of rotatable bonds is 7. The smallest absolute Gasteiger partial charge is 0.0590 e. The Bertz CT molecular complexity index is 355. The molecule has 2 atom stereocenters. The van der Waals surface area contributed by atoms with Crippen LogP contribution in [0.1, 0.15) is 25.8 Å². The topological polar surface area (TPSA) is 24.5 Å². The number of hydrogen-bond acceptors (Lipinski definition) is 3. The molecule has 1 N–H and O–H groups in total. The summed E-state index contributed by atoms with van der Waals surface area (Å²) in [5.41, 5.74) is 1.41. The van der Waals surface area contributed by atoms with E-state index in [0.717, 1.165) is 26.3 Å². The van der Waals surface area contributed by atoms with Crippen LogP contribution in [0.2, 0.25) is 0 Å².